The van der Waals surface area contributed by atoms with E-state index in [0.29, 0.717) is 20.7 Å². The number of aryl methyl sites for hydroxylation is 1. The lowest BCUT2D eigenvalue weighted by molar-refractivity contribution is 0.0771. The second kappa shape index (κ2) is 4.87. The van der Waals surface area contributed by atoms with Crippen LogP contribution >= 0.6 is 11.3 Å². The number of amides is 1. The molecule has 6 nitrogen and oxygen atoms in total. The molecular formula is C11H13N3O3S. The lowest BCUT2D eigenvalue weighted by Gasteiger charge is -2.14. The Morgan fingerprint density at radius 1 is 1.61 bits per heavy atom. The number of aromatic amines is 1. The Balaban J connectivity index is 2.53. The molecule has 2 aromatic rings. The van der Waals surface area contributed by atoms with Crippen molar-refractivity contribution < 1.29 is 9.90 Å². The second-order valence-corrected chi connectivity index (χ2v) is 4.92. The highest BCUT2D eigenvalue weighted by Gasteiger charge is 2.20. The third-order valence-electron chi connectivity index (χ3n) is 2.71. The summed E-state index contributed by atoms with van der Waals surface area (Å²) in [5, 5.41) is 9.29. The number of aromatic nitrogens is 2. The number of rotatable bonds is 3. The molecule has 0 saturated heterocycles. The summed E-state index contributed by atoms with van der Waals surface area (Å²) in [4.78, 5) is 32.8. The van der Waals surface area contributed by atoms with Crippen LogP contribution in [-0.4, -0.2) is 46.1 Å². The van der Waals surface area contributed by atoms with Gasteiger partial charge in [0.2, 0.25) is 0 Å². The predicted octanol–water partition coefficient (Wildman–Crippen LogP) is 0.357. The van der Waals surface area contributed by atoms with E-state index in [9.17, 15) is 9.59 Å². The van der Waals surface area contributed by atoms with Crippen molar-refractivity contribution in [2.24, 2.45) is 0 Å². The summed E-state index contributed by atoms with van der Waals surface area (Å²) >= 11 is 1.20. The van der Waals surface area contributed by atoms with Crippen molar-refractivity contribution in [3.05, 3.63) is 27.1 Å². The molecule has 1 amide bonds. The number of thiophene rings is 1. The summed E-state index contributed by atoms with van der Waals surface area (Å²) in [6, 6.07) is 0. The molecule has 0 saturated carbocycles. The monoisotopic (exact) mass is 267 g/mol. The number of nitrogens with zero attached hydrogens (tertiary/aromatic N) is 2. The van der Waals surface area contributed by atoms with Gasteiger partial charge in [0.1, 0.15) is 4.83 Å². The molecule has 18 heavy (non-hydrogen) atoms. The topological polar surface area (TPSA) is 86.3 Å². The zero-order chi connectivity index (χ0) is 13.3. The van der Waals surface area contributed by atoms with Gasteiger partial charge in [0.25, 0.3) is 11.5 Å². The molecule has 0 fully saturated rings. The van der Waals surface area contributed by atoms with Crippen LogP contribution in [0.4, 0.5) is 0 Å². The van der Waals surface area contributed by atoms with E-state index in [2.05, 4.69) is 9.97 Å². The number of aliphatic hydroxyl groups is 1. The SMILES string of the molecule is Cc1c(C(=O)N(C)CCO)sc2nc[nH]c(=O)c12. The highest BCUT2D eigenvalue weighted by molar-refractivity contribution is 7.20. The molecule has 7 heteroatoms. The van der Waals surface area contributed by atoms with E-state index in [4.69, 9.17) is 5.11 Å². The molecule has 0 atom stereocenters. The fourth-order valence-corrected chi connectivity index (χ4v) is 2.85. The molecule has 0 aliphatic rings. The molecule has 0 radical (unpaired) electrons. The number of carbonyl (C=O) groups excluding carboxylic acids is 1. The third kappa shape index (κ3) is 2.02. The summed E-state index contributed by atoms with van der Waals surface area (Å²) in [7, 11) is 1.61. The Labute approximate surface area is 107 Å². The molecule has 2 aromatic heterocycles. The first kappa shape index (κ1) is 12.7. The van der Waals surface area contributed by atoms with Crippen LogP contribution in [0.2, 0.25) is 0 Å². The van der Waals surface area contributed by atoms with Crippen molar-refractivity contribution >= 4 is 27.5 Å². The minimum absolute atomic E-state index is 0.0922. The molecular weight excluding hydrogens is 254 g/mol. The normalized spacial score (nSPS) is 10.8. The van der Waals surface area contributed by atoms with Crippen molar-refractivity contribution in [3.8, 4) is 0 Å². The molecule has 2 heterocycles. The van der Waals surface area contributed by atoms with Gasteiger partial charge in [-0.05, 0) is 12.5 Å². The number of fused-ring (bicyclic) bond motifs is 1. The molecule has 2 rings (SSSR count). The van der Waals surface area contributed by atoms with Crippen molar-refractivity contribution in [3.63, 3.8) is 0 Å². The van der Waals surface area contributed by atoms with Crippen LogP contribution < -0.4 is 5.56 Å². The van der Waals surface area contributed by atoms with Crippen LogP contribution in [-0.2, 0) is 0 Å². The molecule has 0 aromatic carbocycles. The smallest absolute Gasteiger partial charge is 0.264 e. The molecule has 0 spiro atoms. The largest absolute Gasteiger partial charge is 0.395 e. The van der Waals surface area contributed by atoms with Gasteiger partial charge >= 0.3 is 0 Å². The van der Waals surface area contributed by atoms with Gasteiger partial charge in [-0.1, -0.05) is 0 Å². The summed E-state index contributed by atoms with van der Waals surface area (Å²) in [5.74, 6) is -0.205. The Morgan fingerprint density at radius 2 is 2.33 bits per heavy atom. The fourth-order valence-electron chi connectivity index (χ4n) is 1.71. The molecule has 0 aliphatic carbocycles. The maximum atomic E-state index is 12.1. The zero-order valence-corrected chi connectivity index (χ0v) is 10.9. The van der Waals surface area contributed by atoms with Crippen molar-refractivity contribution in [1.82, 2.24) is 14.9 Å². The Morgan fingerprint density at radius 3 is 2.94 bits per heavy atom. The van der Waals surface area contributed by atoms with Gasteiger partial charge < -0.3 is 15.0 Å². The van der Waals surface area contributed by atoms with E-state index >= 15 is 0 Å². The lowest BCUT2D eigenvalue weighted by Crippen LogP contribution is -2.29. The van der Waals surface area contributed by atoms with Gasteiger partial charge in [0.05, 0.1) is 23.2 Å². The summed E-state index contributed by atoms with van der Waals surface area (Å²) in [6.45, 7) is 1.90. The van der Waals surface area contributed by atoms with E-state index in [1.807, 2.05) is 0 Å². The minimum atomic E-state index is -0.238. The van der Waals surface area contributed by atoms with E-state index in [1.165, 1.54) is 22.6 Å². The molecule has 0 unspecified atom stereocenters. The highest BCUT2D eigenvalue weighted by atomic mass is 32.1. The molecule has 0 aliphatic heterocycles. The lowest BCUT2D eigenvalue weighted by atomic mass is 10.2. The van der Waals surface area contributed by atoms with Crippen molar-refractivity contribution in [2.75, 3.05) is 20.2 Å². The van der Waals surface area contributed by atoms with E-state index in [-0.39, 0.29) is 24.6 Å². The molecule has 0 bridgehead atoms. The van der Waals surface area contributed by atoms with Gasteiger partial charge in [0.15, 0.2) is 0 Å². The van der Waals surface area contributed by atoms with Crippen LogP contribution in [0.3, 0.4) is 0 Å². The summed E-state index contributed by atoms with van der Waals surface area (Å²) in [5.41, 5.74) is 0.400. The third-order valence-corrected chi connectivity index (χ3v) is 3.90. The van der Waals surface area contributed by atoms with Crippen LogP contribution in [0.15, 0.2) is 11.1 Å². The van der Waals surface area contributed by atoms with Crippen LogP contribution in [0.5, 0.6) is 0 Å². The molecule has 96 valence electrons. The van der Waals surface area contributed by atoms with Crippen LogP contribution in [0.1, 0.15) is 15.2 Å². The number of nitrogens with one attached hydrogen (secondary N) is 1. The number of hydrogen-bond donors (Lipinski definition) is 2. The summed E-state index contributed by atoms with van der Waals surface area (Å²) in [6.07, 6.45) is 1.33. The highest BCUT2D eigenvalue weighted by Crippen LogP contribution is 2.27. The van der Waals surface area contributed by atoms with Gasteiger partial charge in [-0.3, -0.25) is 9.59 Å². The number of hydrogen-bond acceptors (Lipinski definition) is 5. The van der Waals surface area contributed by atoms with E-state index in [1.54, 1.807) is 14.0 Å². The van der Waals surface area contributed by atoms with Crippen molar-refractivity contribution in [1.29, 1.82) is 0 Å². The summed E-state index contributed by atoms with van der Waals surface area (Å²) < 4.78 is 0. The average Bonchev–Trinajstić information content (AvgIpc) is 2.67. The first-order valence-corrected chi connectivity index (χ1v) is 6.21. The van der Waals surface area contributed by atoms with Crippen LogP contribution in [0, 0.1) is 6.92 Å². The number of likely N-dealkylation sites (N-methyl/N-ethyl adjacent to an activating group) is 1. The van der Waals surface area contributed by atoms with E-state index in [0.717, 1.165) is 0 Å². The average molecular weight is 267 g/mol. The molecule has 2 N–H and O–H groups in total. The first-order valence-electron chi connectivity index (χ1n) is 5.39. The van der Waals surface area contributed by atoms with Gasteiger partial charge in [-0.15, -0.1) is 11.3 Å². The van der Waals surface area contributed by atoms with Crippen molar-refractivity contribution in [2.45, 2.75) is 6.92 Å². The van der Waals surface area contributed by atoms with E-state index < -0.39 is 0 Å². The number of carbonyl (C=O) groups is 1. The fraction of sp³-hybridized carbons (Fsp3) is 0.364. The number of H-pyrrole nitrogens is 1. The maximum Gasteiger partial charge on any atom is 0.264 e. The van der Waals surface area contributed by atoms with Crippen LogP contribution in [0.25, 0.3) is 10.2 Å². The second-order valence-electron chi connectivity index (χ2n) is 3.92. The Hall–Kier alpha value is -1.73. The Kier molecular flexibility index (Phi) is 3.44. The quantitative estimate of drug-likeness (QED) is 0.840. The number of aliphatic hydroxyl groups excluding tert-OH is 1. The van der Waals surface area contributed by atoms with Gasteiger partial charge in [0, 0.05) is 13.6 Å². The Bertz CT molecular complexity index is 647. The van der Waals surface area contributed by atoms with Gasteiger partial charge in [-0.25, -0.2) is 4.98 Å². The first-order chi connectivity index (χ1) is 8.56. The van der Waals surface area contributed by atoms with Gasteiger partial charge in [-0.2, -0.15) is 0 Å². The zero-order valence-electron chi connectivity index (χ0n) is 10.1. The predicted molar refractivity (Wildman–Crippen MR) is 69.0 cm³/mol. The maximum absolute atomic E-state index is 12.1. The minimum Gasteiger partial charge on any atom is -0.395 e. The standard InChI is InChI=1S/C11H13N3O3S/c1-6-7-9(16)12-5-13-10(7)18-8(6)11(17)14(2)3-4-15/h5,15H,3-4H2,1-2H3,(H,12,13,16).